The molecule has 0 aliphatic heterocycles. The zero-order valence-electron chi connectivity index (χ0n) is 18.0. The van der Waals surface area contributed by atoms with Crippen LogP contribution >= 0.6 is 0 Å². The van der Waals surface area contributed by atoms with Crippen molar-refractivity contribution >= 4 is 24.0 Å². The van der Waals surface area contributed by atoms with Crippen molar-refractivity contribution in [2.75, 3.05) is 13.2 Å². The molecule has 3 aromatic rings. The number of hydrogen-bond donors (Lipinski definition) is 2. The monoisotopic (exact) mass is 445 g/mol. The first-order valence-electron chi connectivity index (χ1n) is 10.3. The van der Waals surface area contributed by atoms with Gasteiger partial charge in [0.2, 0.25) is 0 Å². The maximum Gasteiger partial charge on any atom is 0.343 e. The van der Waals surface area contributed by atoms with Crippen molar-refractivity contribution < 1.29 is 23.9 Å². The van der Waals surface area contributed by atoms with Gasteiger partial charge in [0.15, 0.2) is 0 Å². The van der Waals surface area contributed by atoms with Crippen LogP contribution in [-0.2, 0) is 4.79 Å². The highest BCUT2D eigenvalue weighted by Crippen LogP contribution is 2.14. The Bertz CT molecular complexity index is 1110. The summed E-state index contributed by atoms with van der Waals surface area (Å²) >= 11 is 0. The second-order valence-corrected chi connectivity index (χ2v) is 6.76. The minimum absolute atomic E-state index is 0.224. The summed E-state index contributed by atoms with van der Waals surface area (Å²) in [6, 6.07) is 21.9. The van der Waals surface area contributed by atoms with Gasteiger partial charge in [-0.05, 0) is 73.2 Å². The molecule has 0 bridgehead atoms. The van der Waals surface area contributed by atoms with Crippen LogP contribution in [-0.4, -0.2) is 37.1 Å². The molecule has 8 nitrogen and oxygen atoms in total. The molecule has 0 aromatic heterocycles. The number of ether oxygens (including phenoxy) is 2. The Morgan fingerprint density at radius 2 is 1.52 bits per heavy atom. The molecule has 2 N–H and O–H groups in total. The van der Waals surface area contributed by atoms with Crippen molar-refractivity contribution in [2.24, 2.45) is 5.10 Å². The van der Waals surface area contributed by atoms with Gasteiger partial charge in [-0.25, -0.2) is 10.2 Å². The Balaban J connectivity index is 1.42. The number of esters is 1. The number of rotatable bonds is 9. The molecule has 168 valence electrons. The highest BCUT2D eigenvalue weighted by molar-refractivity contribution is 5.96. The lowest BCUT2D eigenvalue weighted by Gasteiger charge is -2.06. The van der Waals surface area contributed by atoms with Crippen molar-refractivity contribution in [3.8, 4) is 11.5 Å². The van der Waals surface area contributed by atoms with Crippen molar-refractivity contribution in [2.45, 2.75) is 6.92 Å². The van der Waals surface area contributed by atoms with Crippen LogP contribution in [0.15, 0.2) is 84.0 Å². The SMILES string of the molecule is CCOc1ccc(C(=O)NCC(=O)N/N=C/c2ccc(OC(=O)c3ccccc3)cc2)cc1. The number of nitrogens with one attached hydrogen (secondary N) is 2. The van der Waals surface area contributed by atoms with E-state index in [-0.39, 0.29) is 12.5 Å². The highest BCUT2D eigenvalue weighted by atomic mass is 16.5. The topological polar surface area (TPSA) is 106 Å². The van der Waals surface area contributed by atoms with Gasteiger partial charge in [-0.3, -0.25) is 9.59 Å². The third-order valence-corrected chi connectivity index (χ3v) is 4.34. The molecule has 0 spiro atoms. The summed E-state index contributed by atoms with van der Waals surface area (Å²) in [4.78, 5) is 36.1. The van der Waals surface area contributed by atoms with Crippen molar-refractivity contribution in [1.29, 1.82) is 0 Å². The van der Waals surface area contributed by atoms with Crippen LogP contribution in [0.3, 0.4) is 0 Å². The molecular weight excluding hydrogens is 422 g/mol. The summed E-state index contributed by atoms with van der Waals surface area (Å²) in [5.74, 6) is -0.237. The Morgan fingerprint density at radius 3 is 2.18 bits per heavy atom. The Morgan fingerprint density at radius 1 is 0.848 bits per heavy atom. The standard InChI is InChI=1S/C25H23N3O5/c1-2-32-21-14-10-19(11-15-21)24(30)26-17-23(29)28-27-16-18-8-12-22(13-9-18)33-25(31)20-6-4-3-5-7-20/h3-16H,2,17H2,1H3,(H,26,30)(H,28,29)/b27-16+. The lowest BCUT2D eigenvalue weighted by Crippen LogP contribution is -2.34. The third-order valence-electron chi connectivity index (χ3n) is 4.34. The van der Waals surface area contributed by atoms with E-state index in [0.29, 0.717) is 34.8 Å². The summed E-state index contributed by atoms with van der Waals surface area (Å²) in [5.41, 5.74) is 3.91. The summed E-state index contributed by atoms with van der Waals surface area (Å²) in [6.07, 6.45) is 1.44. The van der Waals surface area contributed by atoms with Gasteiger partial charge in [0.25, 0.3) is 11.8 Å². The first kappa shape index (κ1) is 23.2. The van der Waals surface area contributed by atoms with E-state index in [2.05, 4.69) is 15.8 Å². The van der Waals surface area contributed by atoms with Crippen molar-refractivity contribution in [1.82, 2.24) is 10.7 Å². The average molecular weight is 445 g/mol. The number of benzene rings is 3. The van der Waals surface area contributed by atoms with E-state index in [9.17, 15) is 14.4 Å². The summed E-state index contributed by atoms with van der Waals surface area (Å²) in [7, 11) is 0. The Labute approximate surface area is 191 Å². The molecule has 3 rings (SSSR count). The van der Waals surface area contributed by atoms with E-state index >= 15 is 0 Å². The number of carbonyl (C=O) groups excluding carboxylic acids is 3. The molecule has 8 heteroatoms. The van der Waals surface area contributed by atoms with Gasteiger partial charge in [0.05, 0.1) is 24.9 Å². The molecular formula is C25H23N3O5. The zero-order chi connectivity index (χ0) is 23.5. The van der Waals surface area contributed by atoms with Crippen LogP contribution in [0.4, 0.5) is 0 Å². The van der Waals surface area contributed by atoms with Crippen LogP contribution in [0.25, 0.3) is 0 Å². The van der Waals surface area contributed by atoms with Gasteiger partial charge in [0, 0.05) is 5.56 Å². The lowest BCUT2D eigenvalue weighted by molar-refractivity contribution is -0.120. The molecule has 0 fully saturated rings. The molecule has 0 unspecified atom stereocenters. The lowest BCUT2D eigenvalue weighted by atomic mass is 10.2. The predicted octanol–water partition coefficient (Wildman–Crippen LogP) is 3.18. The van der Waals surface area contributed by atoms with Gasteiger partial charge in [0.1, 0.15) is 11.5 Å². The maximum atomic E-state index is 12.1. The number of amides is 2. The number of nitrogens with zero attached hydrogens (tertiary/aromatic N) is 1. The highest BCUT2D eigenvalue weighted by Gasteiger charge is 2.09. The van der Waals surface area contributed by atoms with E-state index < -0.39 is 11.9 Å². The summed E-state index contributed by atoms with van der Waals surface area (Å²) in [6.45, 7) is 2.19. The van der Waals surface area contributed by atoms with E-state index in [1.165, 1.54) is 6.21 Å². The van der Waals surface area contributed by atoms with Crippen LogP contribution in [0, 0.1) is 0 Å². The Kier molecular flexibility index (Phi) is 8.30. The quantitative estimate of drug-likeness (QED) is 0.228. The van der Waals surface area contributed by atoms with E-state index in [4.69, 9.17) is 9.47 Å². The fraction of sp³-hybridized carbons (Fsp3) is 0.120. The number of hydrogen-bond acceptors (Lipinski definition) is 6. The molecule has 33 heavy (non-hydrogen) atoms. The molecule has 2 amide bonds. The van der Waals surface area contributed by atoms with Gasteiger partial charge < -0.3 is 14.8 Å². The van der Waals surface area contributed by atoms with Gasteiger partial charge in [-0.15, -0.1) is 0 Å². The Hall–Kier alpha value is -4.46. The maximum absolute atomic E-state index is 12.1. The van der Waals surface area contributed by atoms with Crippen LogP contribution < -0.4 is 20.2 Å². The van der Waals surface area contributed by atoms with Crippen LogP contribution in [0.1, 0.15) is 33.2 Å². The molecule has 0 aliphatic carbocycles. The molecule has 0 heterocycles. The summed E-state index contributed by atoms with van der Waals surface area (Å²) in [5, 5.41) is 6.39. The van der Waals surface area contributed by atoms with E-state index in [1.54, 1.807) is 72.8 Å². The van der Waals surface area contributed by atoms with Gasteiger partial charge >= 0.3 is 5.97 Å². The molecule has 0 saturated carbocycles. The molecule has 0 aliphatic rings. The minimum atomic E-state index is -0.473. The first-order chi connectivity index (χ1) is 16.0. The largest absolute Gasteiger partial charge is 0.494 e. The number of carbonyl (C=O) groups is 3. The number of hydrazone groups is 1. The molecule has 0 saturated heterocycles. The van der Waals surface area contributed by atoms with Gasteiger partial charge in [-0.2, -0.15) is 5.10 Å². The van der Waals surface area contributed by atoms with Crippen molar-refractivity contribution in [3.05, 3.63) is 95.6 Å². The fourth-order valence-electron chi connectivity index (χ4n) is 2.71. The van der Waals surface area contributed by atoms with Crippen LogP contribution in [0.5, 0.6) is 11.5 Å². The van der Waals surface area contributed by atoms with Gasteiger partial charge in [-0.1, -0.05) is 18.2 Å². The van der Waals surface area contributed by atoms with E-state index in [0.717, 1.165) is 0 Å². The fourth-order valence-corrected chi connectivity index (χ4v) is 2.71. The molecule has 0 radical (unpaired) electrons. The smallest absolute Gasteiger partial charge is 0.343 e. The van der Waals surface area contributed by atoms with Crippen molar-refractivity contribution in [3.63, 3.8) is 0 Å². The second kappa shape index (κ2) is 11.8. The predicted molar refractivity (Wildman–Crippen MR) is 124 cm³/mol. The second-order valence-electron chi connectivity index (χ2n) is 6.76. The molecule has 3 aromatic carbocycles. The minimum Gasteiger partial charge on any atom is -0.494 e. The van der Waals surface area contributed by atoms with Crippen LogP contribution in [0.2, 0.25) is 0 Å². The average Bonchev–Trinajstić information content (AvgIpc) is 2.85. The normalized spacial score (nSPS) is 10.5. The zero-order valence-corrected chi connectivity index (χ0v) is 18.0. The van der Waals surface area contributed by atoms with E-state index in [1.807, 2.05) is 13.0 Å². The summed E-state index contributed by atoms with van der Waals surface area (Å²) < 4.78 is 10.6. The third kappa shape index (κ3) is 7.32. The molecule has 0 atom stereocenters. The first-order valence-corrected chi connectivity index (χ1v) is 10.3.